The molecule has 1 aliphatic rings. The summed E-state index contributed by atoms with van der Waals surface area (Å²) in [7, 11) is 1.74. The highest BCUT2D eigenvalue weighted by Gasteiger charge is 2.25. The van der Waals surface area contributed by atoms with Crippen molar-refractivity contribution in [3.8, 4) is 0 Å². The standard InChI is InChI=1S/C14H19BrN2O4S/c1-16(9-14(19)20)7-10-8-17(4-5-21-10)13(18)6-11-2-3-12(15)22-11/h2-3,10H,4-9H2,1H3,(H,19,20). The minimum atomic E-state index is -0.866. The van der Waals surface area contributed by atoms with E-state index >= 15 is 0 Å². The van der Waals surface area contributed by atoms with Crippen LogP contribution in [0.1, 0.15) is 4.88 Å². The van der Waals surface area contributed by atoms with E-state index in [2.05, 4.69) is 15.9 Å². The Morgan fingerprint density at radius 3 is 2.95 bits per heavy atom. The van der Waals surface area contributed by atoms with Crippen molar-refractivity contribution in [2.24, 2.45) is 0 Å². The van der Waals surface area contributed by atoms with Gasteiger partial charge in [0.25, 0.3) is 0 Å². The number of carbonyl (C=O) groups is 2. The van der Waals surface area contributed by atoms with Crippen molar-refractivity contribution in [1.82, 2.24) is 9.80 Å². The van der Waals surface area contributed by atoms with Crippen LogP contribution in [0.25, 0.3) is 0 Å². The lowest BCUT2D eigenvalue weighted by atomic mass is 10.2. The van der Waals surface area contributed by atoms with Crippen LogP contribution in [0.4, 0.5) is 0 Å². The molecule has 0 aromatic carbocycles. The number of carboxylic acids is 1. The van der Waals surface area contributed by atoms with E-state index in [1.54, 1.807) is 28.2 Å². The number of nitrogens with zero attached hydrogens (tertiary/aromatic N) is 2. The van der Waals surface area contributed by atoms with Crippen LogP contribution in [0.3, 0.4) is 0 Å². The normalized spacial score (nSPS) is 18.7. The predicted octanol–water partition coefficient (Wildman–Crippen LogP) is 1.30. The maximum absolute atomic E-state index is 12.3. The first-order chi connectivity index (χ1) is 10.4. The molecule has 0 saturated carbocycles. The molecule has 1 amide bonds. The van der Waals surface area contributed by atoms with E-state index in [0.717, 1.165) is 8.66 Å². The molecule has 2 rings (SSSR count). The van der Waals surface area contributed by atoms with E-state index < -0.39 is 5.97 Å². The summed E-state index contributed by atoms with van der Waals surface area (Å²) >= 11 is 4.96. The first-order valence-electron chi connectivity index (χ1n) is 6.98. The fraction of sp³-hybridized carbons (Fsp3) is 0.571. The molecule has 1 fully saturated rings. The number of hydrogen-bond acceptors (Lipinski definition) is 5. The van der Waals surface area contributed by atoms with Gasteiger partial charge in [0.15, 0.2) is 0 Å². The Morgan fingerprint density at radius 2 is 2.32 bits per heavy atom. The molecule has 0 aliphatic carbocycles. The lowest BCUT2D eigenvalue weighted by molar-refractivity contribution is -0.142. The van der Waals surface area contributed by atoms with Crippen molar-refractivity contribution in [2.75, 3.05) is 39.8 Å². The van der Waals surface area contributed by atoms with Gasteiger partial charge in [0.1, 0.15) is 0 Å². The summed E-state index contributed by atoms with van der Waals surface area (Å²) in [5.74, 6) is -0.780. The molecule has 1 unspecified atom stereocenters. The van der Waals surface area contributed by atoms with Crippen molar-refractivity contribution >= 4 is 39.1 Å². The molecule has 8 heteroatoms. The van der Waals surface area contributed by atoms with Crippen LogP contribution >= 0.6 is 27.3 Å². The molecule has 22 heavy (non-hydrogen) atoms. The van der Waals surface area contributed by atoms with Gasteiger partial charge in [-0.1, -0.05) is 0 Å². The van der Waals surface area contributed by atoms with E-state index in [4.69, 9.17) is 9.84 Å². The summed E-state index contributed by atoms with van der Waals surface area (Å²) in [4.78, 5) is 27.5. The highest BCUT2D eigenvalue weighted by atomic mass is 79.9. The van der Waals surface area contributed by atoms with E-state index in [-0.39, 0.29) is 18.6 Å². The number of hydrogen-bond donors (Lipinski definition) is 1. The number of halogens is 1. The zero-order chi connectivity index (χ0) is 16.1. The Balaban J connectivity index is 1.84. The van der Waals surface area contributed by atoms with Crippen LogP contribution in [0.2, 0.25) is 0 Å². The molecule has 0 bridgehead atoms. The van der Waals surface area contributed by atoms with E-state index in [1.807, 2.05) is 12.1 Å². The molecule has 122 valence electrons. The summed E-state index contributed by atoms with van der Waals surface area (Å²) < 4.78 is 6.65. The highest BCUT2D eigenvalue weighted by Crippen LogP contribution is 2.23. The fourth-order valence-corrected chi connectivity index (χ4v) is 3.88. The van der Waals surface area contributed by atoms with Crippen LogP contribution in [0.5, 0.6) is 0 Å². The zero-order valence-electron chi connectivity index (χ0n) is 12.3. The molecule has 1 aromatic rings. The Morgan fingerprint density at radius 1 is 1.55 bits per heavy atom. The van der Waals surface area contributed by atoms with Crippen molar-refractivity contribution in [3.63, 3.8) is 0 Å². The zero-order valence-corrected chi connectivity index (χ0v) is 14.7. The van der Waals surface area contributed by atoms with Crippen LogP contribution in [-0.2, 0) is 20.7 Å². The van der Waals surface area contributed by atoms with Gasteiger partial charge in [-0.25, -0.2) is 0 Å². The summed E-state index contributed by atoms with van der Waals surface area (Å²) in [5, 5.41) is 8.77. The molecular formula is C14H19BrN2O4S. The van der Waals surface area contributed by atoms with Crippen molar-refractivity contribution in [3.05, 3.63) is 20.8 Å². The number of morpholine rings is 1. The van der Waals surface area contributed by atoms with Crippen LogP contribution < -0.4 is 0 Å². The molecule has 1 N–H and O–H groups in total. The van der Waals surface area contributed by atoms with Gasteiger partial charge in [-0.05, 0) is 35.1 Å². The predicted molar refractivity (Wildman–Crippen MR) is 87.2 cm³/mol. The number of thiophene rings is 1. The van der Waals surface area contributed by atoms with Crippen molar-refractivity contribution in [2.45, 2.75) is 12.5 Å². The molecule has 1 aromatic heterocycles. The molecule has 2 heterocycles. The number of rotatable bonds is 6. The summed E-state index contributed by atoms with van der Waals surface area (Å²) in [6.07, 6.45) is 0.255. The van der Waals surface area contributed by atoms with Gasteiger partial charge < -0.3 is 14.7 Å². The second-order valence-electron chi connectivity index (χ2n) is 5.31. The second-order valence-corrected chi connectivity index (χ2v) is 7.85. The van der Waals surface area contributed by atoms with Gasteiger partial charge >= 0.3 is 5.97 Å². The van der Waals surface area contributed by atoms with Crippen LogP contribution in [0.15, 0.2) is 15.9 Å². The summed E-state index contributed by atoms with van der Waals surface area (Å²) in [6, 6.07) is 3.89. The minimum absolute atomic E-state index is 0.0307. The third kappa shape index (κ3) is 5.35. The fourth-order valence-electron chi connectivity index (χ4n) is 2.41. The van der Waals surface area contributed by atoms with Gasteiger partial charge in [0.2, 0.25) is 5.91 Å². The number of likely N-dealkylation sites (N-methyl/N-ethyl adjacent to an activating group) is 1. The largest absolute Gasteiger partial charge is 0.480 e. The molecule has 0 spiro atoms. The Kier molecular flexibility index (Phi) is 6.37. The number of amides is 1. The summed E-state index contributed by atoms with van der Waals surface area (Å²) in [5.41, 5.74) is 0. The van der Waals surface area contributed by atoms with Crippen molar-refractivity contribution < 1.29 is 19.4 Å². The van der Waals surface area contributed by atoms with Gasteiger partial charge in [0.05, 0.1) is 29.5 Å². The van der Waals surface area contributed by atoms with Gasteiger partial charge in [-0.15, -0.1) is 11.3 Å². The minimum Gasteiger partial charge on any atom is -0.480 e. The summed E-state index contributed by atoms with van der Waals surface area (Å²) in [6.45, 7) is 2.06. The number of aliphatic carboxylic acids is 1. The monoisotopic (exact) mass is 390 g/mol. The van der Waals surface area contributed by atoms with Gasteiger partial charge in [-0.2, -0.15) is 0 Å². The van der Waals surface area contributed by atoms with Gasteiger partial charge in [0, 0.05) is 24.5 Å². The number of carboxylic acid groups (broad SMARTS) is 1. The third-order valence-electron chi connectivity index (χ3n) is 3.37. The maximum Gasteiger partial charge on any atom is 0.317 e. The van der Waals surface area contributed by atoms with Gasteiger partial charge in [-0.3, -0.25) is 14.5 Å². The SMILES string of the molecule is CN(CC(=O)O)CC1CN(C(=O)Cc2ccc(Br)s2)CCO1. The second kappa shape index (κ2) is 8.05. The Hall–Kier alpha value is -0.960. The van der Waals surface area contributed by atoms with E-state index in [9.17, 15) is 9.59 Å². The average Bonchev–Trinajstić information content (AvgIpc) is 2.83. The Labute approximate surface area is 141 Å². The lowest BCUT2D eigenvalue weighted by Gasteiger charge is -2.34. The number of carbonyl (C=O) groups excluding carboxylic acids is 1. The van der Waals surface area contributed by atoms with Crippen LogP contribution in [0, 0.1) is 0 Å². The maximum atomic E-state index is 12.3. The molecule has 1 atom stereocenters. The van der Waals surface area contributed by atoms with Crippen LogP contribution in [-0.4, -0.2) is 72.7 Å². The number of ether oxygens (including phenoxy) is 1. The third-order valence-corrected chi connectivity index (χ3v) is 4.99. The Bertz CT molecular complexity index is 537. The quantitative estimate of drug-likeness (QED) is 0.792. The lowest BCUT2D eigenvalue weighted by Crippen LogP contribution is -2.50. The molecule has 6 nitrogen and oxygen atoms in total. The topological polar surface area (TPSA) is 70.1 Å². The smallest absolute Gasteiger partial charge is 0.317 e. The first kappa shape index (κ1) is 17.4. The van der Waals surface area contributed by atoms with E-state index in [1.165, 1.54) is 0 Å². The molecular weight excluding hydrogens is 372 g/mol. The van der Waals surface area contributed by atoms with Crippen molar-refractivity contribution in [1.29, 1.82) is 0 Å². The first-order valence-corrected chi connectivity index (χ1v) is 8.59. The average molecular weight is 391 g/mol. The molecule has 1 saturated heterocycles. The molecule has 1 aliphatic heterocycles. The highest BCUT2D eigenvalue weighted by molar-refractivity contribution is 9.11. The van der Waals surface area contributed by atoms with E-state index in [0.29, 0.717) is 32.7 Å². The molecule has 0 radical (unpaired) electrons.